The van der Waals surface area contributed by atoms with Crippen molar-refractivity contribution in [3.63, 3.8) is 0 Å². The van der Waals surface area contributed by atoms with Crippen LogP contribution in [-0.4, -0.2) is 41.2 Å². The third-order valence-corrected chi connectivity index (χ3v) is 7.33. The maximum absolute atomic E-state index is 13.6. The van der Waals surface area contributed by atoms with Crippen LogP contribution in [0.25, 0.3) is 10.8 Å². The van der Waals surface area contributed by atoms with Gasteiger partial charge in [0, 0.05) is 41.5 Å². The molecular weight excluding hydrogens is 486 g/mol. The lowest BCUT2D eigenvalue weighted by atomic mass is 10.1. The number of rotatable bonds is 11. The molecule has 4 rings (SSSR count). The van der Waals surface area contributed by atoms with Gasteiger partial charge in [0.05, 0.1) is 5.69 Å². The average Bonchev–Trinajstić information content (AvgIpc) is 3.17. The lowest BCUT2D eigenvalue weighted by molar-refractivity contribution is -0.141. The number of halogens is 1. The molecule has 0 aliphatic carbocycles. The molecule has 2 atom stereocenters. The minimum atomic E-state index is -0.580. The Hall–Kier alpha value is -3.38. The number of benzene rings is 3. The van der Waals surface area contributed by atoms with Crippen molar-refractivity contribution in [3.8, 4) is 0 Å². The van der Waals surface area contributed by atoms with Crippen LogP contribution in [0.4, 0.5) is 5.69 Å². The highest BCUT2D eigenvalue weighted by Gasteiger charge is 2.31. The van der Waals surface area contributed by atoms with E-state index in [9.17, 15) is 14.4 Å². The highest BCUT2D eigenvalue weighted by Crippen LogP contribution is 2.37. The fraction of sp³-hybridized carbons (Fsp3) is 0.367. The largest absolute Gasteiger partial charge is 0.352 e. The molecule has 3 aromatic carbocycles. The summed E-state index contributed by atoms with van der Waals surface area (Å²) in [7, 11) is 0. The zero-order chi connectivity index (χ0) is 26.5. The molecule has 0 saturated carbocycles. The molecule has 194 valence electrons. The van der Waals surface area contributed by atoms with E-state index in [0.717, 1.165) is 28.4 Å². The van der Waals surface area contributed by atoms with Gasteiger partial charge in [-0.2, -0.15) is 0 Å². The monoisotopic (exact) mass is 519 g/mol. The molecule has 3 aromatic rings. The summed E-state index contributed by atoms with van der Waals surface area (Å²) in [6.07, 6.45) is 2.04. The van der Waals surface area contributed by atoms with E-state index in [1.54, 1.807) is 21.9 Å². The highest BCUT2D eigenvalue weighted by atomic mass is 35.5. The standard InChI is InChI=1S/C30H34ClN3O3/c1-4-20(3)32-29(36)25(5-2)34(19-21-14-16-23(31)17-15-21)27(35)13-8-18-33-26-12-7-10-22-9-6-11-24(28(22)26)30(33)37/h6-7,9-12,14-17,20,25H,4-5,8,13,18-19H2,1-3H3,(H,32,36)/t20-,25+/m1/s1. The third kappa shape index (κ3) is 5.80. The fourth-order valence-corrected chi connectivity index (χ4v) is 5.01. The van der Waals surface area contributed by atoms with Crippen molar-refractivity contribution >= 4 is 45.8 Å². The first-order valence-electron chi connectivity index (χ1n) is 13.0. The molecule has 0 radical (unpaired) electrons. The topological polar surface area (TPSA) is 69.7 Å². The molecular formula is C30H34ClN3O3. The van der Waals surface area contributed by atoms with Crippen LogP contribution in [0.3, 0.4) is 0 Å². The van der Waals surface area contributed by atoms with Gasteiger partial charge in [0.1, 0.15) is 6.04 Å². The van der Waals surface area contributed by atoms with Gasteiger partial charge in [0.25, 0.3) is 5.91 Å². The van der Waals surface area contributed by atoms with E-state index in [0.29, 0.717) is 36.5 Å². The zero-order valence-corrected chi connectivity index (χ0v) is 22.4. The van der Waals surface area contributed by atoms with E-state index >= 15 is 0 Å². The summed E-state index contributed by atoms with van der Waals surface area (Å²) in [6.45, 7) is 6.64. The highest BCUT2D eigenvalue weighted by molar-refractivity contribution is 6.30. The number of nitrogens with one attached hydrogen (secondary N) is 1. The smallest absolute Gasteiger partial charge is 0.258 e. The van der Waals surface area contributed by atoms with Crippen molar-refractivity contribution in [3.05, 3.63) is 76.8 Å². The van der Waals surface area contributed by atoms with Gasteiger partial charge in [-0.15, -0.1) is 0 Å². The third-order valence-electron chi connectivity index (χ3n) is 7.07. The first-order chi connectivity index (χ1) is 17.8. The van der Waals surface area contributed by atoms with Gasteiger partial charge in [-0.05, 0) is 61.4 Å². The molecule has 7 heteroatoms. The van der Waals surface area contributed by atoms with Crippen molar-refractivity contribution in [2.45, 2.75) is 65.1 Å². The lowest BCUT2D eigenvalue weighted by Gasteiger charge is -2.31. The van der Waals surface area contributed by atoms with E-state index in [1.807, 2.05) is 69.3 Å². The van der Waals surface area contributed by atoms with Crippen LogP contribution >= 0.6 is 11.6 Å². The van der Waals surface area contributed by atoms with Crippen LogP contribution in [0.5, 0.6) is 0 Å². The number of hydrogen-bond acceptors (Lipinski definition) is 3. The van der Waals surface area contributed by atoms with Crippen molar-refractivity contribution in [1.82, 2.24) is 10.2 Å². The van der Waals surface area contributed by atoms with E-state index in [-0.39, 0.29) is 30.2 Å². The van der Waals surface area contributed by atoms with Crippen LogP contribution in [0.1, 0.15) is 62.4 Å². The molecule has 0 spiro atoms. The SMILES string of the molecule is CC[C@@H](C)NC(=O)[C@H](CC)N(Cc1ccc(Cl)cc1)C(=O)CCCN1C(=O)c2cccc3cccc1c23. The molecule has 1 heterocycles. The van der Waals surface area contributed by atoms with Gasteiger partial charge in [-0.25, -0.2) is 0 Å². The molecule has 0 bridgehead atoms. The van der Waals surface area contributed by atoms with Gasteiger partial charge in [0.2, 0.25) is 11.8 Å². The molecule has 0 fully saturated rings. The summed E-state index contributed by atoms with van der Waals surface area (Å²) in [5.74, 6) is -0.281. The van der Waals surface area contributed by atoms with Crippen LogP contribution in [0.2, 0.25) is 5.02 Å². The van der Waals surface area contributed by atoms with E-state index in [2.05, 4.69) is 5.32 Å². The maximum atomic E-state index is 13.6. The molecule has 0 saturated heterocycles. The number of carbonyl (C=O) groups excluding carboxylic acids is 3. The van der Waals surface area contributed by atoms with Crippen LogP contribution in [0, 0.1) is 0 Å². The minimum Gasteiger partial charge on any atom is -0.352 e. The first kappa shape index (κ1) is 26.7. The van der Waals surface area contributed by atoms with Gasteiger partial charge in [-0.3, -0.25) is 14.4 Å². The summed E-state index contributed by atoms with van der Waals surface area (Å²) in [5.41, 5.74) is 2.50. The Kier molecular flexibility index (Phi) is 8.49. The second-order valence-corrected chi connectivity index (χ2v) is 10.1. The van der Waals surface area contributed by atoms with Gasteiger partial charge >= 0.3 is 0 Å². The van der Waals surface area contributed by atoms with Gasteiger partial charge in [0.15, 0.2) is 0 Å². The number of anilines is 1. The van der Waals surface area contributed by atoms with Crippen molar-refractivity contribution < 1.29 is 14.4 Å². The average molecular weight is 520 g/mol. The van der Waals surface area contributed by atoms with Crippen LogP contribution in [0.15, 0.2) is 60.7 Å². The zero-order valence-electron chi connectivity index (χ0n) is 21.7. The second kappa shape index (κ2) is 11.8. The molecule has 0 aromatic heterocycles. The Bertz CT molecular complexity index is 1290. The number of nitrogens with zero attached hydrogens (tertiary/aromatic N) is 2. The maximum Gasteiger partial charge on any atom is 0.258 e. The fourth-order valence-electron chi connectivity index (χ4n) is 4.88. The number of carbonyl (C=O) groups is 3. The number of amides is 3. The van der Waals surface area contributed by atoms with Crippen molar-refractivity contribution in [1.29, 1.82) is 0 Å². The number of hydrogen-bond donors (Lipinski definition) is 1. The predicted molar refractivity (Wildman–Crippen MR) is 149 cm³/mol. The predicted octanol–water partition coefficient (Wildman–Crippen LogP) is 5.96. The van der Waals surface area contributed by atoms with Gasteiger partial charge < -0.3 is 15.1 Å². The second-order valence-electron chi connectivity index (χ2n) is 9.63. The van der Waals surface area contributed by atoms with Crippen molar-refractivity contribution in [2.75, 3.05) is 11.4 Å². The Balaban J connectivity index is 1.48. The normalized spacial score (nSPS) is 14.1. The van der Waals surface area contributed by atoms with E-state index in [4.69, 9.17) is 11.6 Å². The summed E-state index contributed by atoms with van der Waals surface area (Å²) >= 11 is 6.05. The summed E-state index contributed by atoms with van der Waals surface area (Å²) in [5, 5.41) is 5.66. The summed E-state index contributed by atoms with van der Waals surface area (Å²) in [4.78, 5) is 43.2. The lowest BCUT2D eigenvalue weighted by Crippen LogP contribution is -2.50. The quantitative estimate of drug-likeness (QED) is 0.340. The first-order valence-corrected chi connectivity index (χ1v) is 13.4. The molecule has 1 aliphatic heterocycles. The minimum absolute atomic E-state index is 0.0274. The Morgan fingerprint density at radius 1 is 1.00 bits per heavy atom. The molecule has 6 nitrogen and oxygen atoms in total. The molecule has 0 unspecified atom stereocenters. The molecule has 3 amide bonds. The molecule has 1 aliphatic rings. The Morgan fingerprint density at radius 3 is 2.38 bits per heavy atom. The molecule has 1 N–H and O–H groups in total. The van der Waals surface area contributed by atoms with E-state index < -0.39 is 6.04 Å². The summed E-state index contributed by atoms with van der Waals surface area (Å²) < 4.78 is 0. The van der Waals surface area contributed by atoms with Crippen molar-refractivity contribution in [2.24, 2.45) is 0 Å². The van der Waals surface area contributed by atoms with Crippen LogP contribution < -0.4 is 10.2 Å². The van der Waals surface area contributed by atoms with Gasteiger partial charge in [-0.1, -0.05) is 61.8 Å². The Morgan fingerprint density at radius 2 is 1.70 bits per heavy atom. The van der Waals surface area contributed by atoms with E-state index in [1.165, 1.54) is 0 Å². The molecule has 37 heavy (non-hydrogen) atoms. The summed E-state index contributed by atoms with van der Waals surface area (Å²) in [6, 6.07) is 18.5. The Labute approximate surface area is 223 Å². The van der Waals surface area contributed by atoms with Crippen LogP contribution in [-0.2, 0) is 16.1 Å².